The topological polar surface area (TPSA) is 43.6 Å². The van der Waals surface area contributed by atoms with Gasteiger partial charge in [0.25, 0.3) is 0 Å². The van der Waals surface area contributed by atoms with Gasteiger partial charge in [-0.05, 0) is 24.3 Å². The van der Waals surface area contributed by atoms with Crippen LogP contribution in [0.4, 0.5) is 0 Å². The van der Waals surface area contributed by atoms with E-state index in [1.807, 2.05) is 66.7 Å². The van der Waals surface area contributed by atoms with Gasteiger partial charge in [-0.1, -0.05) is 29.8 Å². The Balaban J connectivity index is 0.00000169. The van der Waals surface area contributed by atoms with E-state index in [2.05, 4.69) is 21.1 Å². The van der Waals surface area contributed by atoms with E-state index in [-0.39, 0.29) is 20.1 Å². The Labute approximate surface area is 153 Å². The maximum Gasteiger partial charge on any atom is 0.108 e. The van der Waals surface area contributed by atoms with Gasteiger partial charge >= 0.3 is 0 Å². The van der Waals surface area contributed by atoms with Crippen LogP contribution >= 0.6 is 0 Å². The molecule has 4 nitrogen and oxygen atoms in total. The molecule has 2 aromatic heterocycles. The van der Waals surface area contributed by atoms with Crippen molar-refractivity contribution in [3.8, 4) is 28.3 Å². The van der Waals surface area contributed by atoms with Crippen LogP contribution in [0.2, 0.25) is 0 Å². The van der Waals surface area contributed by atoms with Crippen LogP contribution in [-0.2, 0) is 20.1 Å². The summed E-state index contributed by atoms with van der Waals surface area (Å²) in [5.41, 5.74) is 3.77. The molecule has 2 aromatic carbocycles. The fraction of sp³-hybridized carbons (Fsp3) is 0. The van der Waals surface area contributed by atoms with Crippen LogP contribution in [0.1, 0.15) is 0 Å². The number of hydrogen-bond donors (Lipinski definition) is 0. The molecule has 119 valence electrons. The molecule has 0 aliphatic carbocycles. The first-order valence-electron chi connectivity index (χ1n) is 7.31. The van der Waals surface area contributed by atoms with Crippen LogP contribution < -0.4 is 0 Å². The van der Waals surface area contributed by atoms with E-state index < -0.39 is 0 Å². The average molecular weight is 490 g/mol. The average Bonchev–Trinajstić information content (AvgIpc) is 3.14. The summed E-state index contributed by atoms with van der Waals surface area (Å²) in [6.07, 6.45) is 3.50. The maximum atomic E-state index is 4.54. The van der Waals surface area contributed by atoms with Crippen LogP contribution in [0.25, 0.3) is 28.3 Å². The van der Waals surface area contributed by atoms with Crippen molar-refractivity contribution in [2.75, 3.05) is 0 Å². The summed E-state index contributed by atoms with van der Waals surface area (Å²) in [4.78, 5) is 8.77. The predicted octanol–water partition coefficient (Wildman–Crippen LogP) is 3.79. The molecule has 0 saturated heterocycles. The summed E-state index contributed by atoms with van der Waals surface area (Å²) in [7, 11) is 0. The normalized spacial score (nSPS) is 10.2. The van der Waals surface area contributed by atoms with Gasteiger partial charge in [-0.25, -0.2) is 4.68 Å². The van der Waals surface area contributed by atoms with E-state index in [1.165, 1.54) is 0 Å². The van der Waals surface area contributed by atoms with Gasteiger partial charge in [0.2, 0.25) is 0 Å². The van der Waals surface area contributed by atoms with Crippen LogP contribution in [-0.4, -0.2) is 19.7 Å². The van der Waals surface area contributed by atoms with Crippen molar-refractivity contribution in [3.63, 3.8) is 0 Å². The number of nitrogens with zero attached hydrogens (tertiary/aromatic N) is 4. The van der Waals surface area contributed by atoms with Gasteiger partial charge in [0, 0.05) is 26.3 Å². The number of pyridine rings is 1. The second-order valence-electron chi connectivity index (χ2n) is 5.05. The van der Waals surface area contributed by atoms with Crippen molar-refractivity contribution in [2.45, 2.75) is 0 Å². The molecule has 0 fully saturated rings. The SMILES string of the molecule is [Ir].[c-]1ccc(-c2ccccn2)cc1-c1ncn(-c2ccccc2)n1. The minimum atomic E-state index is 0. The number of hydrogen-bond acceptors (Lipinski definition) is 3. The minimum absolute atomic E-state index is 0. The third-order valence-electron chi connectivity index (χ3n) is 3.52. The fourth-order valence-electron chi connectivity index (χ4n) is 2.38. The van der Waals surface area contributed by atoms with E-state index >= 15 is 0 Å². The zero-order valence-electron chi connectivity index (χ0n) is 12.6. The van der Waals surface area contributed by atoms with Crippen molar-refractivity contribution in [2.24, 2.45) is 0 Å². The molecule has 2 heterocycles. The zero-order chi connectivity index (χ0) is 15.5. The molecule has 0 bridgehead atoms. The summed E-state index contributed by atoms with van der Waals surface area (Å²) in [6, 6.07) is 24.8. The van der Waals surface area contributed by atoms with Crippen LogP contribution in [0.15, 0.2) is 79.3 Å². The molecule has 5 heteroatoms. The predicted molar refractivity (Wildman–Crippen MR) is 88.9 cm³/mol. The minimum Gasteiger partial charge on any atom is -0.264 e. The van der Waals surface area contributed by atoms with Crippen molar-refractivity contribution in [1.82, 2.24) is 19.7 Å². The summed E-state index contributed by atoms with van der Waals surface area (Å²) >= 11 is 0. The Morgan fingerprint density at radius 1 is 0.875 bits per heavy atom. The van der Waals surface area contributed by atoms with Gasteiger partial charge in [0.15, 0.2) is 0 Å². The van der Waals surface area contributed by atoms with Crippen molar-refractivity contribution < 1.29 is 20.1 Å². The number of rotatable bonds is 3. The quantitative estimate of drug-likeness (QED) is 0.412. The van der Waals surface area contributed by atoms with E-state index in [0.29, 0.717) is 5.82 Å². The Morgan fingerprint density at radius 3 is 2.50 bits per heavy atom. The molecule has 0 unspecified atom stereocenters. The monoisotopic (exact) mass is 490 g/mol. The fourth-order valence-corrected chi connectivity index (χ4v) is 2.38. The second-order valence-corrected chi connectivity index (χ2v) is 5.05. The summed E-state index contributed by atoms with van der Waals surface area (Å²) in [5.74, 6) is 0.645. The Morgan fingerprint density at radius 2 is 1.71 bits per heavy atom. The van der Waals surface area contributed by atoms with Gasteiger partial charge in [-0.2, -0.15) is 5.10 Å². The molecule has 4 aromatic rings. The first-order valence-corrected chi connectivity index (χ1v) is 7.31. The third-order valence-corrected chi connectivity index (χ3v) is 3.52. The second kappa shape index (κ2) is 7.30. The molecule has 0 aliphatic rings. The van der Waals surface area contributed by atoms with E-state index in [1.54, 1.807) is 17.2 Å². The van der Waals surface area contributed by atoms with E-state index in [4.69, 9.17) is 0 Å². The molecule has 4 rings (SSSR count). The van der Waals surface area contributed by atoms with Gasteiger partial charge in [-0.15, -0.1) is 29.8 Å². The molecule has 0 atom stereocenters. The van der Waals surface area contributed by atoms with Gasteiger partial charge < -0.3 is 0 Å². The zero-order valence-corrected chi connectivity index (χ0v) is 15.0. The molecule has 0 spiro atoms. The first-order chi connectivity index (χ1) is 11.4. The van der Waals surface area contributed by atoms with Gasteiger partial charge in [0.05, 0.1) is 17.2 Å². The molecule has 0 aliphatic heterocycles. The molecule has 0 N–H and O–H groups in total. The first kappa shape index (κ1) is 16.2. The van der Waals surface area contributed by atoms with Gasteiger partial charge in [0.1, 0.15) is 6.33 Å². The molecular formula is C19H13IrN4-. The van der Waals surface area contributed by atoms with Crippen LogP contribution in [0, 0.1) is 6.07 Å². The molecule has 24 heavy (non-hydrogen) atoms. The Hall–Kier alpha value is -2.62. The standard InChI is InChI=1S/C19H13N4.Ir/c1-2-9-17(10-3-1)23-14-21-19(22-23)16-8-6-7-15(13-16)18-11-4-5-12-20-18;/h1-7,9-14H;/q-1;. The number of aromatic nitrogens is 4. The number of para-hydroxylation sites is 1. The summed E-state index contributed by atoms with van der Waals surface area (Å²) in [6.45, 7) is 0. The molecule has 0 amide bonds. The smallest absolute Gasteiger partial charge is 0.108 e. The number of benzene rings is 2. The van der Waals surface area contributed by atoms with Crippen molar-refractivity contribution in [3.05, 3.63) is 85.3 Å². The van der Waals surface area contributed by atoms with Crippen molar-refractivity contribution in [1.29, 1.82) is 0 Å². The summed E-state index contributed by atoms with van der Waals surface area (Å²) < 4.78 is 1.76. The Bertz CT molecular complexity index is 920. The Kier molecular flexibility index (Phi) is 4.94. The molecule has 1 radical (unpaired) electrons. The van der Waals surface area contributed by atoms with Crippen molar-refractivity contribution >= 4 is 0 Å². The largest absolute Gasteiger partial charge is 0.264 e. The van der Waals surface area contributed by atoms with E-state index in [0.717, 1.165) is 22.5 Å². The van der Waals surface area contributed by atoms with Gasteiger partial charge in [-0.3, -0.25) is 9.97 Å². The molecular weight excluding hydrogens is 476 g/mol. The maximum absolute atomic E-state index is 4.54. The molecule has 0 saturated carbocycles. The van der Waals surface area contributed by atoms with Crippen LogP contribution in [0.3, 0.4) is 0 Å². The summed E-state index contributed by atoms with van der Waals surface area (Å²) in [5, 5.41) is 4.54. The van der Waals surface area contributed by atoms with Crippen LogP contribution in [0.5, 0.6) is 0 Å². The third kappa shape index (κ3) is 3.32. The van der Waals surface area contributed by atoms with E-state index in [9.17, 15) is 0 Å².